The summed E-state index contributed by atoms with van der Waals surface area (Å²) in [6.45, 7) is 1.74. The zero-order chi connectivity index (χ0) is 25.2. The number of carbonyl (C=O) groups excluding carboxylic acids is 1. The van der Waals surface area contributed by atoms with Crippen molar-refractivity contribution in [3.8, 4) is 11.3 Å². The molecule has 2 aromatic heterocycles. The molecule has 0 aliphatic rings. The topological polar surface area (TPSA) is 110 Å². The van der Waals surface area contributed by atoms with E-state index >= 15 is 0 Å². The van der Waals surface area contributed by atoms with Crippen molar-refractivity contribution in [2.45, 2.75) is 25.7 Å². The molecule has 0 fully saturated rings. The van der Waals surface area contributed by atoms with E-state index in [-0.39, 0.29) is 23.5 Å². The van der Waals surface area contributed by atoms with Gasteiger partial charge in [0.25, 0.3) is 5.91 Å². The number of carboxylic acids is 1. The van der Waals surface area contributed by atoms with E-state index in [4.69, 9.17) is 9.52 Å². The summed E-state index contributed by atoms with van der Waals surface area (Å²) in [5.41, 5.74) is 1.36. The van der Waals surface area contributed by atoms with Crippen LogP contribution in [0, 0.1) is 0 Å². The van der Waals surface area contributed by atoms with Crippen LogP contribution in [0.1, 0.15) is 50.5 Å². The lowest BCUT2D eigenvalue weighted by molar-refractivity contribution is -0.137. The number of aromatic carboxylic acids is 1. The second kappa shape index (κ2) is 9.45. The van der Waals surface area contributed by atoms with Crippen LogP contribution in [0.15, 0.2) is 71.5 Å². The van der Waals surface area contributed by atoms with Gasteiger partial charge in [-0.05, 0) is 48.4 Å². The highest BCUT2D eigenvalue weighted by atomic mass is 19.4. The maximum atomic E-state index is 13.3. The summed E-state index contributed by atoms with van der Waals surface area (Å²) in [4.78, 5) is 24.4. The van der Waals surface area contributed by atoms with Crippen molar-refractivity contribution >= 4 is 11.9 Å². The van der Waals surface area contributed by atoms with Gasteiger partial charge in [0.15, 0.2) is 5.69 Å². The van der Waals surface area contributed by atoms with E-state index in [0.29, 0.717) is 16.7 Å². The van der Waals surface area contributed by atoms with Crippen LogP contribution in [0.2, 0.25) is 0 Å². The third-order valence-electron chi connectivity index (χ3n) is 5.36. The molecular formula is C24H19F3N4O4. The van der Waals surface area contributed by atoms with Gasteiger partial charge in [-0.15, -0.1) is 5.10 Å². The normalized spacial score (nSPS) is 12.3. The average Bonchev–Trinajstić information content (AvgIpc) is 3.49. The van der Waals surface area contributed by atoms with Gasteiger partial charge in [-0.25, -0.2) is 9.48 Å². The van der Waals surface area contributed by atoms with Crippen molar-refractivity contribution in [3.63, 3.8) is 0 Å². The summed E-state index contributed by atoms with van der Waals surface area (Å²) in [7, 11) is 0. The molecule has 4 aromatic rings. The number of furan rings is 1. The second-order valence-corrected chi connectivity index (χ2v) is 7.77. The van der Waals surface area contributed by atoms with Crippen molar-refractivity contribution in [1.82, 2.24) is 20.3 Å². The largest absolute Gasteiger partial charge is 0.478 e. The Bertz CT molecular complexity index is 1330. The molecule has 35 heavy (non-hydrogen) atoms. The van der Waals surface area contributed by atoms with Gasteiger partial charge in [0, 0.05) is 5.56 Å². The molecule has 2 aromatic carbocycles. The van der Waals surface area contributed by atoms with E-state index in [1.54, 1.807) is 25.1 Å². The van der Waals surface area contributed by atoms with Crippen LogP contribution in [0.25, 0.3) is 11.3 Å². The summed E-state index contributed by atoms with van der Waals surface area (Å²) >= 11 is 0. The number of carboxylic acid groups (broad SMARTS) is 1. The van der Waals surface area contributed by atoms with Crippen molar-refractivity contribution in [3.05, 3.63) is 95.1 Å². The maximum absolute atomic E-state index is 13.3. The lowest BCUT2D eigenvalue weighted by atomic mass is 10.1. The van der Waals surface area contributed by atoms with Crippen LogP contribution in [0.5, 0.6) is 0 Å². The first-order valence-corrected chi connectivity index (χ1v) is 10.4. The van der Waals surface area contributed by atoms with Crippen LogP contribution in [-0.4, -0.2) is 32.0 Å². The van der Waals surface area contributed by atoms with Crippen LogP contribution >= 0.6 is 0 Å². The van der Waals surface area contributed by atoms with Gasteiger partial charge in [-0.3, -0.25) is 4.79 Å². The number of nitrogens with one attached hydrogen (secondary N) is 1. The molecule has 1 amide bonds. The number of hydrogen-bond donors (Lipinski definition) is 2. The number of halogens is 3. The second-order valence-electron chi connectivity index (χ2n) is 7.77. The van der Waals surface area contributed by atoms with Crippen LogP contribution in [0.3, 0.4) is 0 Å². The summed E-state index contributed by atoms with van der Waals surface area (Å²) in [5, 5.41) is 20.0. The highest BCUT2D eigenvalue weighted by Gasteiger charge is 2.30. The number of benzene rings is 2. The Hall–Kier alpha value is -4.41. The Morgan fingerprint density at radius 2 is 1.77 bits per heavy atom. The first kappa shape index (κ1) is 23.7. The van der Waals surface area contributed by atoms with E-state index in [0.717, 1.165) is 12.1 Å². The molecule has 180 valence electrons. The van der Waals surface area contributed by atoms with Crippen molar-refractivity contribution in [2.24, 2.45) is 0 Å². The summed E-state index contributed by atoms with van der Waals surface area (Å²) < 4.78 is 45.0. The minimum Gasteiger partial charge on any atom is -0.478 e. The first-order valence-electron chi connectivity index (χ1n) is 10.4. The molecule has 0 saturated carbocycles. The van der Waals surface area contributed by atoms with E-state index in [9.17, 15) is 22.8 Å². The minimum atomic E-state index is -4.45. The molecule has 0 aliphatic carbocycles. The molecule has 1 unspecified atom stereocenters. The van der Waals surface area contributed by atoms with Crippen molar-refractivity contribution in [1.29, 1.82) is 0 Å². The SMILES string of the molecule is CC(NC(=O)c1c(-c2ccoc2)nnn1Cc1ccc(C(F)(F)F)cc1)c1ccc(C(=O)O)cc1. The van der Waals surface area contributed by atoms with Crippen molar-refractivity contribution < 1.29 is 32.3 Å². The average molecular weight is 484 g/mol. The van der Waals surface area contributed by atoms with Gasteiger partial charge in [0.05, 0.1) is 36.2 Å². The molecule has 2 N–H and O–H groups in total. The lowest BCUT2D eigenvalue weighted by Gasteiger charge is -2.16. The Morgan fingerprint density at radius 1 is 1.09 bits per heavy atom. The minimum absolute atomic E-state index is 0.00737. The quantitative estimate of drug-likeness (QED) is 0.390. The fraction of sp³-hybridized carbons (Fsp3) is 0.167. The van der Waals surface area contributed by atoms with E-state index in [2.05, 4.69) is 15.6 Å². The molecule has 1 atom stereocenters. The van der Waals surface area contributed by atoms with Gasteiger partial charge >= 0.3 is 12.1 Å². The Kier molecular flexibility index (Phi) is 6.41. The number of carbonyl (C=O) groups is 2. The number of amides is 1. The Balaban J connectivity index is 1.61. The molecule has 0 bridgehead atoms. The number of nitrogens with zero attached hydrogens (tertiary/aromatic N) is 3. The Labute approximate surface area is 197 Å². The molecule has 2 heterocycles. The molecular weight excluding hydrogens is 465 g/mol. The van der Waals surface area contributed by atoms with E-state index in [1.165, 1.54) is 41.5 Å². The predicted octanol–water partition coefficient (Wildman–Crippen LogP) is 4.79. The fourth-order valence-electron chi connectivity index (χ4n) is 3.48. The number of rotatable bonds is 7. The zero-order valence-corrected chi connectivity index (χ0v) is 18.3. The standard InChI is InChI=1S/C24H19F3N4O4/c1-14(16-4-6-17(7-5-16)23(33)34)28-22(32)21-20(18-10-11-35-13-18)29-30-31(21)12-15-2-8-19(9-3-15)24(25,26)27/h2-11,13-14H,12H2,1H3,(H,28,32)(H,33,34). The van der Waals surface area contributed by atoms with Crippen LogP contribution in [0.4, 0.5) is 13.2 Å². The van der Waals surface area contributed by atoms with E-state index < -0.39 is 29.7 Å². The molecule has 0 aliphatic heterocycles. The van der Waals surface area contributed by atoms with Crippen LogP contribution < -0.4 is 5.32 Å². The monoisotopic (exact) mass is 484 g/mol. The summed E-state index contributed by atoms with van der Waals surface area (Å²) in [6, 6.07) is 11.8. The lowest BCUT2D eigenvalue weighted by Crippen LogP contribution is -2.29. The van der Waals surface area contributed by atoms with Gasteiger partial charge < -0.3 is 14.8 Å². The predicted molar refractivity (Wildman–Crippen MR) is 118 cm³/mol. The third kappa shape index (κ3) is 5.24. The van der Waals surface area contributed by atoms with Gasteiger partial charge in [-0.1, -0.05) is 29.5 Å². The fourth-order valence-corrected chi connectivity index (χ4v) is 3.48. The zero-order valence-electron chi connectivity index (χ0n) is 18.3. The number of hydrogen-bond acceptors (Lipinski definition) is 5. The maximum Gasteiger partial charge on any atom is 0.416 e. The Morgan fingerprint density at radius 3 is 2.34 bits per heavy atom. The van der Waals surface area contributed by atoms with E-state index in [1.807, 2.05) is 0 Å². The highest BCUT2D eigenvalue weighted by Crippen LogP contribution is 2.29. The van der Waals surface area contributed by atoms with Crippen LogP contribution in [-0.2, 0) is 12.7 Å². The molecule has 0 saturated heterocycles. The molecule has 4 rings (SSSR count). The third-order valence-corrected chi connectivity index (χ3v) is 5.36. The number of alkyl halides is 3. The smallest absolute Gasteiger partial charge is 0.416 e. The summed E-state index contributed by atoms with van der Waals surface area (Å²) in [5.74, 6) is -1.58. The molecule has 0 radical (unpaired) electrons. The first-order chi connectivity index (χ1) is 16.6. The van der Waals surface area contributed by atoms with Crippen molar-refractivity contribution in [2.75, 3.05) is 0 Å². The number of aromatic nitrogens is 3. The molecule has 0 spiro atoms. The molecule has 11 heteroatoms. The van der Waals surface area contributed by atoms with Gasteiger partial charge in [-0.2, -0.15) is 13.2 Å². The summed E-state index contributed by atoms with van der Waals surface area (Å²) in [6.07, 6.45) is -1.64. The molecule has 8 nitrogen and oxygen atoms in total. The van der Waals surface area contributed by atoms with Gasteiger partial charge in [0.1, 0.15) is 5.69 Å². The van der Waals surface area contributed by atoms with Gasteiger partial charge in [0.2, 0.25) is 0 Å². The highest BCUT2D eigenvalue weighted by molar-refractivity contribution is 5.98.